The van der Waals surface area contributed by atoms with Gasteiger partial charge < -0.3 is 4.55 Å². The number of benzene rings is 2. The second-order valence-corrected chi connectivity index (χ2v) is 10.3. The van der Waals surface area contributed by atoms with Crippen LogP contribution in [-0.2, 0) is 18.4 Å². The van der Waals surface area contributed by atoms with E-state index in [1.54, 1.807) is 19.2 Å². The molecule has 2 atom stereocenters. The van der Waals surface area contributed by atoms with Crippen molar-refractivity contribution < 1.29 is 8.94 Å². The molecule has 0 amide bonds. The third kappa shape index (κ3) is 4.37. The fourth-order valence-corrected chi connectivity index (χ4v) is 3.94. The first-order chi connectivity index (χ1) is 13.5. The molecule has 0 fully saturated rings. The van der Waals surface area contributed by atoms with Crippen LogP contribution in [0.1, 0.15) is 44.9 Å². The van der Waals surface area contributed by atoms with Crippen LogP contribution in [0.15, 0.2) is 41.2 Å². The van der Waals surface area contributed by atoms with E-state index in [0.29, 0.717) is 22.3 Å². The Morgan fingerprint density at radius 1 is 1.21 bits per heavy atom. The SMILES string of the molecule is Cc1cc([C@@H](C)N[S+]([O-])C(C)(C)C)c2nc(-c3ccc(F)cc3)n(C)c(=O)c2c1. The summed E-state index contributed by atoms with van der Waals surface area (Å²) in [5.41, 5.74) is 2.76. The molecule has 7 heteroatoms. The molecule has 2 aromatic carbocycles. The lowest BCUT2D eigenvalue weighted by molar-refractivity contribution is 0.531. The highest BCUT2D eigenvalue weighted by atomic mass is 32.2. The lowest BCUT2D eigenvalue weighted by Gasteiger charge is -2.27. The fraction of sp³-hybridized carbons (Fsp3) is 0.364. The average Bonchev–Trinajstić information content (AvgIpc) is 2.64. The number of nitrogens with one attached hydrogen (secondary N) is 1. The molecule has 3 rings (SSSR count). The maximum atomic E-state index is 13.3. The zero-order valence-electron chi connectivity index (χ0n) is 17.5. The minimum Gasteiger partial charge on any atom is -0.598 e. The highest BCUT2D eigenvalue weighted by Crippen LogP contribution is 2.27. The Labute approximate surface area is 173 Å². The molecule has 0 saturated carbocycles. The monoisotopic (exact) mass is 415 g/mol. The largest absolute Gasteiger partial charge is 0.598 e. The number of nitrogens with zero attached hydrogens (tertiary/aromatic N) is 2. The molecule has 0 bridgehead atoms. The van der Waals surface area contributed by atoms with Crippen molar-refractivity contribution in [2.75, 3.05) is 0 Å². The van der Waals surface area contributed by atoms with Crippen LogP contribution in [0.5, 0.6) is 0 Å². The Morgan fingerprint density at radius 2 is 1.83 bits per heavy atom. The van der Waals surface area contributed by atoms with Gasteiger partial charge in [-0.15, -0.1) is 4.72 Å². The zero-order chi connectivity index (χ0) is 21.5. The van der Waals surface area contributed by atoms with Crippen LogP contribution >= 0.6 is 0 Å². The molecule has 1 unspecified atom stereocenters. The van der Waals surface area contributed by atoms with Crippen LogP contribution in [-0.4, -0.2) is 18.9 Å². The third-order valence-electron chi connectivity index (χ3n) is 4.76. The van der Waals surface area contributed by atoms with Gasteiger partial charge in [-0.25, -0.2) is 9.37 Å². The maximum Gasteiger partial charge on any atom is 0.261 e. The number of halogens is 1. The molecule has 0 aliphatic rings. The Hall–Kier alpha value is -2.22. The number of rotatable bonds is 4. The van der Waals surface area contributed by atoms with Crippen LogP contribution in [0.4, 0.5) is 4.39 Å². The summed E-state index contributed by atoms with van der Waals surface area (Å²) < 4.78 is 30.1. The summed E-state index contributed by atoms with van der Waals surface area (Å²) in [5, 5.41) is 0.503. The van der Waals surface area contributed by atoms with Crippen molar-refractivity contribution in [3.8, 4) is 11.4 Å². The topological polar surface area (TPSA) is 70.0 Å². The summed E-state index contributed by atoms with van der Waals surface area (Å²) in [5.74, 6) is 0.107. The number of hydrogen-bond acceptors (Lipinski definition) is 4. The standard InChI is InChI=1S/C22H26FN3O2S/c1-13-11-17(14(2)25-29(28)22(3,4)5)19-18(12-13)21(27)26(6)20(24-19)15-7-9-16(23)10-8-15/h7-12,14,25H,1-6H3/t14-,29?/m1/s1. The molecular formula is C22H26FN3O2S. The Bertz CT molecular complexity index is 1100. The van der Waals surface area contributed by atoms with Crippen molar-refractivity contribution in [3.05, 3.63) is 63.7 Å². The smallest absolute Gasteiger partial charge is 0.261 e. The van der Waals surface area contributed by atoms with E-state index in [4.69, 9.17) is 4.98 Å². The molecule has 1 N–H and O–H groups in total. The van der Waals surface area contributed by atoms with Crippen molar-refractivity contribution >= 4 is 22.3 Å². The van der Waals surface area contributed by atoms with Gasteiger partial charge in [-0.05, 0) is 70.5 Å². The van der Waals surface area contributed by atoms with E-state index in [2.05, 4.69) is 4.72 Å². The Kier molecular flexibility index (Phi) is 5.85. The first-order valence-electron chi connectivity index (χ1n) is 9.44. The van der Waals surface area contributed by atoms with Crippen LogP contribution in [0, 0.1) is 12.7 Å². The van der Waals surface area contributed by atoms with Crippen molar-refractivity contribution in [2.45, 2.75) is 45.4 Å². The van der Waals surface area contributed by atoms with E-state index in [0.717, 1.165) is 11.1 Å². The van der Waals surface area contributed by atoms with Gasteiger partial charge in [0.2, 0.25) is 0 Å². The van der Waals surface area contributed by atoms with Crippen LogP contribution in [0.2, 0.25) is 0 Å². The molecule has 0 saturated heterocycles. The van der Waals surface area contributed by atoms with Gasteiger partial charge >= 0.3 is 0 Å². The molecule has 154 valence electrons. The molecule has 1 aromatic heterocycles. The van der Waals surface area contributed by atoms with Gasteiger partial charge in [0.05, 0.1) is 16.9 Å². The van der Waals surface area contributed by atoms with E-state index in [9.17, 15) is 13.7 Å². The van der Waals surface area contributed by atoms with Gasteiger partial charge in [0, 0.05) is 29.5 Å². The highest BCUT2D eigenvalue weighted by Gasteiger charge is 2.29. The van der Waals surface area contributed by atoms with Gasteiger partial charge in [-0.1, -0.05) is 6.07 Å². The predicted octanol–water partition coefficient (Wildman–Crippen LogP) is 4.16. The van der Waals surface area contributed by atoms with Crippen molar-refractivity contribution in [3.63, 3.8) is 0 Å². The zero-order valence-corrected chi connectivity index (χ0v) is 18.4. The summed E-state index contributed by atoms with van der Waals surface area (Å²) in [4.78, 5) is 17.8. The minimum absolute atomic E-state index is 0.177. The highest BCUT2D eigenvalue weighted by molar-refractivity contribution is 7.90. The summed E-state index contributed by atoms with van der Waals surface area (Å²) >= 11 is -1.27. The van der Waals surface area contributed by atoms with Gasteiger partial charge in [0.15, 0.2) is 0 Å². The van der Waals surface area contributed by atoms with E-state index in [1.807, 2.05) is 46.8 Å². The Balaban J connectivity index is 2.20. The maximum absolute atomic E-state index is 13.3. The Morgan fingerprint density at radius 3 is 2.41 bits per heavy atom. The molecule has 5 nitrogen and oxygen atoms in total. The van der Waals surface area contributed by atoms with Crippen molar-refractivity contribution in [1.29, 1.82) is 0 Å². The lowest BCUT2D eigenvalue weighted by Crippen LogP contribution is -2.40. The molecule has 0 spiro atoms. The number of aryl methyl sites for hydroxylation is 1. The lowest BCUT2D eigenvalue weighted by atomic mass is 10.0. The third-order valence-corrected chi connectivity index (χ3v) is 6.44. The minimum atomic E-state index is -1.27. The summed E-state index contributed by atoms with van der Waals surface area (Å²) in [6, 6.07) is 9.39. The summed E-state index contributed by atoms with van der Waals surface area (Å²) in [6.45, 7) is 9.53. The van der Waals surface area contributed by atoms with E-state index in [1.165, 1.54) is 16.7 Å². The predicted molar refractivity (Wildman–Crippen MR) is 117 cm³/mol. The second-order valence-electron chi connectivity index (χ2n) is 8.28. The first kappa shape index (κ1) is 21.5. The van der Waals surface area contributed by atoms with Gasteiger partial charge in [0.25, 0.3) is 5.56 Å². The molecule has 0 aliphatic carbocycles. The first-order valence-corrected chi connectivity index (χ1v) is 10.6. The van der Waals surface area contributed by atoms with E-state index in [-0.39, 0.29) is 17.4 Å². The van der Waals surface area contributed by atoms with Crippen LogP contribution in [0.25, 0.3) is 22.3 Å². The van der Waals surface area contributed by atoms with Gasteiger partial charge in [0.1, 0.15) is 16.4 Å². The van der Waals surface area contributed by atoms with E-state index >= 15 is 0 Å². The van der Waals surface area contributed by atoms with Crippen molar-refractivity contribution in [2.24, 2.45) is 7.05 Å². The molecule has 1 heterocycles. The van der Waals surface area contributed by atoms with Gasteiger partial charge in [-0.3, -0.25) is 9.36 Å². The molecule has 0 radical (unpaired) electrons. The second kappa shape index (κ2) is 7.89. The molecular weight excluding hydrogens is 389 g/mol. The van der Waals surface area contributed by atoms with Crippen LogP contribution < -0.4 is 10.3 Å². The number of aromatic nitrogens is 2. The fourth-order valence-electron chi connectivity index (χ4n) is 3.14. The van der Waals surface area contributed by atoms with Gasteiger partial charge in [-0.2, -0.15) is 0 Å². The van der Waals surface area contributed by atoms with Crippen molar-refractivity contribution in [1.82, 2.24) is 14.3 Å². The quantitative estimate of drug-likeness (QED) is 0.650. The molecule has 29 heavy (non-hydrogen) atoms. The average molecular weight is 416 g/mol. The normalized spacial score (nSPS) is 14.2. The number of fused-ring (bicyclic) bond motifs is 1. The summed E-state index contributed by atoms with van der Waals surface area (Å²) in [6.07, 6.45) is 0. The number of hydrogen-bond donors (Lipinski definition) is 1. The summed E-state index contributed by atoms with van der Waals surface area (Å²) in [7, 11) is 1.66. The van der Waals surface area contributed by atoms with Crippen LogP contribution in [0.3, 0.4) is 0 Å². The molecule has 3 aromatic rings. The van der Waals surface area contributed by atoms with E-state index < -0.39 is 16.1 Å². The molecule has 0 aliphatic heterocycles.